The van der Waals surface area contributed by atoms with Gasteiger partial charge >= 0.3 is 5.97 Å². The summed E-state index contributed by atoms with van der Waals surface area (Å²) in [5, 5.41) is 21.8. The van der Waals surface area contributed by atoms with Crippen LogP contribution in [0.3, 0.4) is 0 Å². The molecule has 1 aliphatic rings. The summed E-state index contributed by atoms with van der Waals surface area (Å²) in [5.41, 5.74) is 2.40. The van der Waals surface area contributed by atoms with Gasteiger partial charge in [-0.2, -0.15) is 12.6 Å². The van der Waals surface area contributed by atoms with Crippen LogP contribution in [-0.2, 0) is 32.0 Å². The topological polar surface area (TPSA) is 152 Å². The van der Waals surface area contributed by atoms with E-state index >= 15 is 0 Å². The Morgan fingerprint density at radius 3 is 2.28 bits per heavy atom. The van der Waals surface area contributed by atoms with Crippen LogP contribution in [0, 0.1) is 0 Å². The largest absolute Gasteiger partial charge is 0.480 e. The van der Waals surface area contributed by atoms with Gasteiger partial charge in [0.05, 0.1) is 6.04 Å². The Bertz CT molecular complexity index is 1310. The van der Waals surface area contributed by atoms with E-state index in [-0.39, 0.29) is 30.5 Å². The van der Waals surface area contributed by atoms with E-state index in [2.05, 4.69) is 38.9 Å². The van der Waals surface area contributed by atoms with Gasteiger partial charge in [-0.3, -0.25) is 14.4 Å². The van der Waals surface area contributed by atoms with Crippen molar-refractivity contribution in [2.45, 2.75) is 49.9 Å². The summed E-state index contributed by atoms with van der Waals surface area (Å²) < 4.78 is 0. The van der Waals surface area contributed by atoms with Crippen LogP contribution in [0.15, 0.2) is 60.8 Å². The molecule has 1 aliphatic heterocycles. The zero-order valence-corrected chi connectivity index (χ0v) is 22.2. The highest BCUT2D eigenvalue weighted by molar-refractivity contribution is 7.80. The molecule has 2 aromatic carbocycles. The predicted octanol–water partition coefficient (Wildman–Crippen LogP) is 1.17. The number of amides is 3. The van der Waals surface area contributed by atoms with Crippen LogP contribution >= 0.6 is 12.6 Å². The van der Waals surface area contributed by atoms with E-state index in [1.165, 1.54) is 0 Å². The molecule has 10 nitrogen and oxygen atoms in total. The number of hydrogen-bond acceptors (Lipinski definition) is 6. The lowest BCUT2D eigenvalue weighted by Crippen LogP contribution is -2.58. The van der Waals surface area contributed by atoms with Gasteiger partial charge < -0.3 is 31.4 Å². The highest BCUT2D eigenvalue weighted by Gasteiger charge is 2.31. The van der Waals surface area contributed by atoms with Gasteiger partial charge in [-0.05, 0) is 36.6 Å². The van der Waals surface area contributed by atoms with Crippen LogP contribution in [-0.4, -0.2) is 70.2 Å². The van der Waals surface area contributed by atoms with E-state index in [0.717, 1.165) is 35.0 Å². The number of carbonyl (C=O) groups excluding carboxylic acids is 3. The Morgan fingerprint density at radius 1 is 0.897 bits per heavy atom. The van der Waals surface area contributed by atoms with Crippen LogP contribution in [0.25, 0.3) is 10.9 Å². The molecule has 1 saturated heterocycles. The molecule has 2 heterocycles. The number of para-hydroxylation sites is 1. The first-order chi connectivity index (χ1) is 18.9. The fraction of sp³-hybridized carbons (Fsp3) is 0.357. The number of nitrogens with one attached hydrogen (secondary N) is 5. The standard InChI is InChI=1S/C28H33N5O5S/c34-25(21-11-6-12-29-21)33-24(16-39)27(36)31-22(14-18-15-30-20-10-5-4-9-19(18)20)26(35)32-23(28(37)38)13-17-7-2-1-3-8-17/h1-5,7-10,15,21-24,29-30,39H,6,11-14,16H2,(H,31,36)(H,32,35)(H,33,34)(H,37,38). The summed E-state index contributed by atoms with van der Waals surface area (Å²) >= 11 is 4.24. The number of H-pyrrole nitrogens is 1. The van der Waals surface area contributed by atoms with Gasteiger partial charge in [0.2, 0.25) is 17.7 Å². The number of fused-ring (bicyclic) bond motifs is 1. The molecular formula is C28H33N5O5S. The Morgan fingerprint density at radius 2 is 1.59 bits per heavy atom. The van der Waals surface area contributed by atoms with Crippen molar-refractivity contribution in [2.24, 2.45) is 0 Å². The summed E-state index contributed by atoms with van der Waals surface area (Å²) in [7, 11) is 0. The first kappa shape index (κ1) is 28.2. The van der Waals surface area contributed by atoms with Gasteiger partial charge in [-0.1, -0.05) is 48.5 Å². The summed E-state index contributed by atoms with van der Waals surface area (Å²) in [4.78, 5) is 54.5. The van der Waals surface area contributed by atoms with E-state index in [4.69, 9.17) is 0 Å². The van der Waals surface area contributed by atoms with Crippen LogP contribution in [0.1, 0.15) is 24.0 Å². The molecule has 6 N–H and O–H groups in total. The lowest BCUT2D eigenvalue weighted by atomic mass is 10.0. The van der Waals surface area contributed by atoms with Crippen molar-refractivity contribution in [1.82, 2.24) is 26.3 Å². The van der Waals surface area contributed by atoms with Gasteiger partial charge in [0.1, 0.15) is 18.1 Å². The summed E-state index contributed by atoms with van der Waals surface area (Å²) in [6, 6.07) is 12.9. The van der Waals surface area contributed by atoms with E-state index in [1.54, 1.807) is 30.5 Å². The maximum Gasteiger partial charge on any atom is 0.326 e. The average molecular weight is 552 g/mol. The molecule has 0 saturated carbocycles. The molecule has 0 radical (unpaired) electrons. The molecule has 4 unspecified atom stereocenters. The van der Waals surface area contributed by atoms with Gasteiger partial charge in [0.15, 0.2) is 0 Å². The van der Waals surface area contributed by atoms with Crippen molar-refractivity contribution in [3.05, 3.63) is 71.9 Å². The molecule has 0 aliphatic carbocycles. The third-order valence-corrected chi connectivity index (χ3v) is 7.19. The molecule has 3 amide bonds. The number of thiol groups is 1. The number of hydrogen-bond donors (Lipinski definition) is 7. The number of aromatic nitrogens is 1. The minimum absolute atomic E-state index is 0.0253. The Balaban J connectivity index is 1.52. The highest BCUT2D eigenvalue weighted by Crippen LogP contribution is 2.19. The number of aliphatic carboxylic acids is 1. The van der Waals surface area contributed by atoms with Crippen LogP contribution in [0.5, 0.6) is 0 Å². The summed E-state index contributed by atoms with van der Waals surface area (Å²) in [6.07, 6.45) is 3.50. The first-order valence-corrected chi connectivity index (χ1v) is 13.6. The second-order valence-corrected chi connectivity index (χ2v) is 9.97. The van der Waals surface area contributed by atoms with Crippen LogP contribution in [0.2, 0.25) is 0 Å². The average Bonchev–Trinajstić information content (AvgIpc) is 3.62. The van der Waals surface area contributed by atoms with Crippen LogP contribution < -0.4 is 21.3 Å². The smallest absolute Gasteiger partial charge is 0.326 e. The number of rotatable bonds is 12. The molecule has 11 heteroatoms. The Hall–Kier alpha value is -3.83. The van der Waals surface area contributed by atoms with E-state index < -0.39 is 35.9 Å². The number of carboxylic acids is 1. The van der Waals surface area contributed by atoms with Gasteiger partial charge in [0.25, 0.3) is 0 Å². The Kier molecular flexibility index (Phi) is 9.61. The molecule has 39 heavy (non-hydrogen) atoms. The lowest BCUT2D eigenvalue weighted by molar-refractivity contribution is -0.142. The summed E-state index contributed by atoms with van der Waals surface area (Å²) in [6.45, 7) is 0.733. The third-order valence-electron chi connectivity index (χ3n) is 6.82. The fourth-order valence-corrected chi connectivity index (χ4v) is 4.96. The summed E-state index contributed by atoms with van der Waals surface area (Å²) in [5.74, 6) is -2.68. The minimum Gasteiger partial charge on any atom is -0.480 e. The lowest BCUT2D eigenvalue weighted by Gasteiger charge is -2.24. The number of aromatic amines is 1. The van der Waals surface area contributed by atoms with Crippen molar-refractivity contribution in [1.29, 1.82) is 0 Å². The van der Waals surface area contributed by atoms with Crippen molar-refractivity contribution in [2.75, 3.05) is 12.3 Å². The maximum absolute atomic E-state index is 13.5. The van der Waals surface area contributed by atoms with E-state index in [9.17, 15) is 24.3 Å². The van der Waals surface area contributed by atoms with Gasteiger partial charge in [0, 0.05) is 35.7 Å². The van der Waals surface area contributed by atoms with Crippen LogP contribution in [0.4, 0.5) is 0 Å². The quantitative estimate of drug-likeness (QED) is 0.168. The van der Waals surface area contributed by atoms with Crippen molar-refractivity contribution < 1.29 is 24.3 Å². The fourth-order valence-electron chi connectivity index (χ4n) is 4.70. The number of carbonyl (C=O) groups is 4. The number of benzene rings is 2. The second-order valence-electron chi connectivity index (χ2n) is 9.61. The SMILES string of the molecule is O=C(O)C(Cc1ccccc1)NC(=O)C(Cc1c[nH]c2ccccc12)NC(=O)C(CS)NC(=O)C1CCCN1. The third kappa shape index (κ3) is 7.39. The van der Waals surface area contributed by atoms with Crippen molar-refractivity contribution in [3.63, 3.8) is 0 Å². The maximum atomic E-state index is 13.5. The van der Waals surface area contributed by atoms with Gasteiger partial charge in [-0.25, -0.2) is 4.79 Å². The molecule has 4 atom stereocenters. The zero-order valence-electron chi connectivity index (χ0n) is 21.4. The molecule has 0 spiro atoms. The van der Waals surface area contributed by atoms with Gasteiger partial charge in [-0.15, -0.1) is 0 Å². The van der Waals surface area contributed by atoms with Crippen molar-refractivity contribution in [3.8, 4) is 0 Å². The predicted molar refractivity (Wildman–Crippen MR) is 150 cm³/mol. The molecular weight excluding hydrogens is 518 g/mol. The molecule has 206 valence electrons. The Labute approximate surface area is 231 Å². The number of carboxylic acid groups (broad SMARTS) is 1. The molecule has 0 bridgehead atoms. The molecule has 4 rings (SSSR count). The molecule has 1 fully saturated rings. The monoisotopic (exact) mass is 551 g/mol. The highest BCUT2D eigenvalue weighted by atomic mass is 32.1. The zero-order chi connectivity index (χ0) is 27.8. The van der Waals surface area contributed by atoms with E-state index in [0.29, 0.717) is 6.42 Å². The normalized spacial score (nSPS) is 17.2. The molecule has 1 aromatic heterocycles. The van der Waals surface area contributed by atoms with E-state index in [1.807, 2.05) is 30.3 Å². The first-order valence-electron chi connectivity index (χ1n) is 12.9. The second kappa shape index (κ2) is 13.3. The molecule has 3 aromatic rings. The van der Waals surface area contributed by atoms with Crippen molar-refractivity contribution >= 4 is 47.2 Å². The minimum atomic E-state index is -1.20.